The monoisotopic (exact) mass is 419 g/mol. The molecule has 0 saturated carbocycles. The number of nitrogens with zero attached hydrogens (tertiary/aromatic N) is 2. The summed E-state index contributed by atoms with van der Waals surface area (Å²) in [5.41, 5.74) is 2.67. The number of aryl methyl sites for hydroxylation is 1. The Hall–Kier alpha value is -3.51. The molecule has 0 aromatic heterocycles. The van der Waals surface area contributed by atoms with E-state index >= 15 is 0 Å². The normalized spacial score (nSPS) is 11.1. The Labute approximate surface area is 177 Å². The highest BCUT2D eigenvalue weighted by molar-refractivity contribution is 7.91. The molecule has 3 aromatic rings. The van der Waals surface area contributed by atoms with Gasteiger partial charge in [0.1, 0.15) is 19.0 Å². The maximum Gasteiger partial charge on any atom is 0.676 e. The lowest BCUT2D eigenvalue weighted by atomic mass is 10.2. The SMILES string of the molecule is C=[N+](Cc1ccccc1)C(=O)[N+](=C)c1ccc(S(=O)(=O)c2cc(C)ccc2[CH2+])cc1. The molecule has 30 heavy (non-hydrogen) atoms. The van der Waals surface area contributed by atoms with E-state index in [0.29, 0.717) is 17.8 Å². The summed E-state index contributed by atoms with van der Waals surface area (Å²) in [4.78, 5) is 12.9. The Kier molecular flexibility index (Phi) is 5.99. The number of hydrogen-bond donors (Lipinski definition) is 0. The van der Waals surface area contributed by atoms with E-state index in [1.165, 1.54) is 21.3 Å². The summed E-state index contributed by atoms with van der Waals surface area (Å²) < 4.78 is 28.4. The van der Waals surface area contributed by atoms with E-state index in [4.69, 9.17) is 0 Å². The van der Waals surface area contributed by atoms with Crippen LogP contribution in [0.2, 0.25) is 0 Å². The quantitative estimate of drug-likeness (QED) is 0.350. The van der Waals surface area contributed by atoms with E-state index in [9.17, 15) is 13.2 Å². The van der Waals surface area contributed by atoms with Gasteiger partial charge in [0.05, 0.1) is 4.90 Å². The first kappa shape index (κ1) is 21.2. The third kappa shape index (κ3) is 4.39. The van der Waals surface area contributed by atoms with Gasteiger partial charge >= 0.3 is 6.03 Å². The Balaban J connectivity index is 1.81. The molecule has 0 aliphatic rings. The molecule has 0 aliphatic heterocycles. The number of benzene rings is 3. The molecular weight excluding hydrogens is 396 g/mol. The second kappa shape index (κ2) is 8.47. The maximum absolute atomic E-state index is 13.0. The zero-order chi connectivity index (χ0) is 21.9. The maximum atomic E-state index is 13.0. The summed E-state index contributed by atoms with van der Waals surface area (Å²) >= 11 is 0. The third-order valence-electron chi connectivity index (χ3n) is 4.69. The van der Waals surface area contributed by atoms with Gasteiger partial charge < -0.3 is 0 Å². The number of urea groups is 1. The average Bonchev–Trinajstić information content (AvgIpc) is 2.75. The van der Waals surface area contributed by atoms with Gasteiger partial charge in [-0.05, 0) is 30.7 Å². The minimum atomic E-state index is -3.72. The molecule has 0 heterocycles. The van der Waals surface area contributed by atoms with Crippen molar-refractivity contribution in [2.45, 2.75) is 23.3 Å². The molecule has 3 rings (SSSR count). The fraction of sp³-hybridized carbons (Fsp3) is 0.0833. The lowest BCUT2D eigenvalue weighted by molar-refractivity contribution is -0.537. The summed E-state index contributed by atoms with van der Waals surface area (Å²) in [7, 11) is -3.72. The molecule has 0 radical (unpaired) electrons. The van der Waals surface area contributed by atoms with E-state index in [-0.39, 0.29) is 9.79 Å². The lowest BCUT2D eigenvalue weighted by Crippen LogP contribution is -2.26. The van der Waals surface area contributed by atoms with Gasteiger partial charge in [0.2, 0.25) is 5.69 Å². The number of rotatable bonds is 5. The molecule has 0 bridgehead atoms. The second-order valence-corrected chi connectivity index (χ2v) is 8.92. The summed E-state index contributed by atoms with van der Waals surface area (Å²) in [6.45, 7) is 13.6. The van der Waals surface area contributed by atoms with Crippen LogP contribution in [0.5, 0.6) is 0 Å². The summed E-state index contributed by atoms with van der Waals surface area (Å²) in [6, 6.07) is 20.2. The average molecular weight is 420 g/mol. The first-order valence-corrected chi connectivity index (χ1v) is 10.7. The van der Waals surface area contributed by atoms with E-state index < -0.39 is 15.9 Å². The molecule has 0 atom stereocenters. The van der Waals surface area contributed by atoms with Gasteiger partial charge in [-0.2, -0.15) is 4.79 Å². The van der Waals surface area contributed by atoms with E-state index in [2.05, 4.69) is 20.4 Å². The van der Waals surface area contributed by atoms with E-state index in [1.807, 2.05) is 43.3 Å². The van der Waals surface area contributed by atoms with Crippen LogP contribution in [0, 0.1) is 13.8 Å². The number of hydrogen-bond acceptors (Lipinski definition) is 3. The van der Waals surface area contributed by atoms with E-state index in [1.54, 1.807) is 24.3 Å². The van der Waals surface area contributed by atoms with Crippen LogP contribution in [-0.4, -0.2) is 37.0 Å². The molecular formula is C24H23N2O3S+3. The van der Waals surface area contributed by atoms with Crippen LogP contribution in [0.15, 0.2) is 82.6 Å². The van der Waals surface area contributed by atoms with Crippen molar-refractivity contribution >= 4 is 35.0 Å². The van der Waals surface area contributed by atoms with Gasteiger partial charge in [-0.15, -0.1) is 4.58 Å². The first-order chi connectivity index (χ1) is 14.2. The molecule has 2 amide bonds. The van der Waals surface area contributed by atoms with Crippen LogP contribution < -0.4 is 0 Å². The molecule has 0 saturated heterocycles. The zero-order valence-corrected chi connectivity index (χ0v) is 17.6. The van der Waals surface area contributed by atoms with Crippen LogP contribution in [0.3, 0.4) is 0 Å². The van der Waals surface area contributed by atoms with Gasteiger partial charge in [-0.3, -0.25) is 0 Å². The van der Waals surface area contributed by atoms with Crippen molar-refractivity contribution in [3.8, 4) is 0 Å². The lowest BCUT2D eigenvalue weighted by Gasteiger charge is -2.04. The summed E-state index contributed by atoms with van der Waals surface area (Å²) in [5.74, 6) is 0. The van der Waals surface area contributed by atoms with Crippen LogP contribution in [-0.2, 0) is 16.4 Å². The Morgan fingerprint density at radius 2 is 1.60 bits per heavy atom. The van der Waals surface area contributed by atoms with Gasteiger partial charge in [0.25, 0.3) is 9.84 Å². The number of carbonyl (C=O) groups excluding carboxylic acids is 1. The topological polar surface area (TPSA) is 57.2 Å². The Morgan fingerprint density at radius 1 is 0.967 bits per heavy atom. The standard InChI is InChI=1S/C24H23N2O3S/c1-18-10-11-19(2)23(16-18)30(28,29)22-14-12-21(13-15-22)26(4)24(27)25(3)17-20-8-6-5-7-9-20/h5-16H,2-4,17H2,1H3/q+3. The Morgan fingerprint density at radius 3 is 2.23 bits per heavy atom. The molecule has 0 spiro atoms. The van der Waals surface area contributed by atoms with Crippen LogP contribution >= 0.6 is 0 Å². The fourth-order valence-electron chi connectivity index (χ4n) is 3.00. The van der Waals surface area contributed by atoms with Crippen molar-refractivity contribution in [2.75, 3.05) is 0 Å². The minimum Gasteiger partial charge on any atom is -0.205 e. The molecule has 3 aromatic carbocycles. The number of carbonyl (C=O) groups is 1. The molecule has 0 unspecified atom stereocenters. The highest BCUT2D eigenvalue weighted by atomic mass is 32.2. The highest BCUT2D eigenvalue weighted by Crippen LogP contribution is 2.26. The van der Waals surface area contributed by atoms with Crippen molar-refractivity contribution in [3.63, 3.8) is 0 Å². The second-order valence-electron chi connectivity index (χ2n) is 7.00. The summed E-state index contributed by atoms with van der Waals surface area (Å²) in [5, 5.41) is 0. The van der Waals surface area contributed by atoms with Crippen molar-refractivity contribution in [2.24, 2.45) is 0 Å². The predicted octanol–water partition coefficient (Wildman–Crippen LogP) is 4.39. The highest BCUT2D eigenvalue weighted by Gasteiger charge is 2.31. The molecule has 0 fully saturated rings. The molecule has 0 aliphatic carbocycles. The van der Waals surface area contributed by atoms with Crippen molar-refractivity contribution in [1.82, 2.24) is 0 Å². The minimum absolute atomic E-state index is 0.123. The van der Waals surface area contributed by atoms with Gasteiger partial charge in [0.15, 0.2) is 11.4 Å². The number of sulfone groups is 1. The van der Waals surface area contributed by atoms with E-state index in [0.717, 1.165) is 11.1 Å². The zero-order valence-electron chi connectivity index (χ0n) is 16.8. The van der Waals surface area contributed by atoms with Crippen LogP contribution in [0.4, 0.5) is 10.5 Å². The Bertz CT molecular complexity index is 1230. The smallest absolute Gasteiger partial charge is 0.205 e. The number of amides is 2. The molecule has 150 valence electrons. The van der Waals surface area contributed by atoms with Crippen LogP contribution in [0.25, 0.3) is 0 Å². The largest absolute Gasteiger partial charge is 0.676 e. The molecule has 6 heteroatoms. The fourth-order valence-corrected chi connectivity index (χ4v) is 4.50. The summed E-state index contributed by atoms with van der Waals surface area (Å²) in [6.07, 6.45) is 0. The molecule has 0 N–H and O–H groups in total. The first-order valence-electron chi connectivity index (χ1n) is 9.24. The van der Waals surface area contributed by atoms with Crippen molar-refractivity contribution < 1.29 is 22.4 Å². The van der Waals surface area contributed by atoms with Crippen molar-refractivity contribution in [3.05, 3.63) is 96.4 Å². The predicted molar refractivity (Wildman–Crippen MR) is 117 cm³/mol. The molecule has 5 nitrogen and oxygen atoms in total. The van der Waals surface area contributed by atoms with Gasteiger partial charge in [-0.25, -0.2) is 8.42 Å². The van der Waals surface area contributed by atoms with Gasteiger partial charge in [-0.1, -0.05) is 34.9 Å². The van der Waals surface area contributed by atoms with Crippen molar-refractivity contribution in [1.29, 1.82) is 0 Å². The van der Waals surface area contributed by atoms with Gasteiger partial charge in [0, 0.05) is 36.8 Å². The van der Waals surface area contributed by atoms with Crippen LogP contribution in [0.1, 0.15) is 16.7 Å². The third-order valence-corrected chi connectivity index (χ3v) is 6.54.